The highest BCUT2D eigenvalue weighted by Gasteiger charge is 2.20. The van der Waals surface area contributed by atoms with Crippen molar-refractivity contribution in [1.29, 1.82) is 0 Å². The topological polar surface area (TPSA) is 35.6 Å². The summed E-state index contributed by atoms with van der Waals surface area (Å²) in [6.45, 7) is 4.46. The number of hydrogen-bond acceptors (Lipinski definition) is 3. The molecule has 120 valence electrons. The Balaban J connectivity index is 0.00000200. The van der Waals surface area contributed by atoms with Gasteiger partial charge in [-0.2, -0.15) is 0 Å². The second-order valence-corrected chi connectivity index (χ2v) is 4.91. The van der Waals surface area contributed by atoms with Gasteiger partial charge < -0.3 is 15.1 Å². The van der Waals surface area contributed by atoms with Crippen LogP contribution in [0.2, 0.25) is 0 Å². The van der Waals surface area contributed by atoms with E-state index in [2.05, 4.69) is 34.5 Å². The molecular formula is C15H25Cl2N3O. The maximum Gasteiger partial charge on any atom is 0.222 e. The molecule has 4 nitrogen and oxygen atoms in total. The van der Waals surface area contributed by atoms with Crippen LogP contribution in [-0.2, 0) is 4.79 Å². The van der Waals surface area contributed by atoms with Crippen LogP contribution in [0.5, 0.6) is 0 Å². The van der Waals surface area contributed by atoms with E-state index in [0.717, 1.165) is 39.1 Å². The van der Waals surface area contributed by atoms with E-state index in [1.54, 1.807) is 0 Å². The third kappa shape index (κ3) is 6.12. The summed E-state index contributed by atoms with van der Waals surface area (Å²) >= 11 is 0. The van der Waals surface area contributed by atoms with Gasteiger partial charge >= 0.3 is 0 Å². The third-order valence-corrected chi connectivity index (χ3v) is 3.57. The Morgan fingerprint density at radius 3 is 2.29 bits per heavy atom. The van der Waals surface area contributed by atoms with Gasteiger partial charge in [0.1, 0.15) is 0 Å². The summed E-state index contributed by atoms with van der Waals surface area (Å²) < 4.78 is 0. The maximum absolute atomic E-state index is 12.0. The van der Waals surface area contributed by atoms with E-state index in [1.165, 1.54) is 5.69 Å². The number of carbonyl (C=O) groups excluding carboxylic acids is 1. The molecule has 1 aromatic rings. The second kappa shape index (κ2) is 10.7. The standard InChI is InChI=1S/C15H23N3O.2ClH/c1-16-9-5-8-15(19)18-12-10-17(11-13-18)14-6-3-2-4-7-14;;/h2-4,6-7,16H,5,8-13H2,1H3;2*1H. The quantitative estimate of drug-likeness (QED) is 0.839. The summed E-state index contributed by atoms with van der Waals surface area (Å²) in [5, 5.41) is 3.08. The molecule has 1 heterocycles. The van der Waals surface area contributed by atoms with Crippen LogP contribution < -0.4 is 10.2 Å². The second-order valence-electron chi connectivity index (χ2n) is 4.91. The number of carbonyl (C=O) groups is 1. The van der Waals surface area contributed by atoms with Gasteiger partial charge in [0.05, 0.1) is 0 Å². The van der Waals surface area contributed by atoms with Crippen molar-refractivity contribution in [3.63, 3.8) is 0 Å². The van der Waals surface area contributed by atoms with E-state index in [1.807, 2.05) is 18.0 Å². The van der Waals surface area contributed by atoms with Gasteiger partial charge in [0.2, 0.25) is 5.91 Å². The number of hydrogen-bond donors (Lipinski definition) is 1. The number of nitrogens with one attached hydrogen (secondary N) is 1. The fourth-order valence-electron chi connectivity index (χ4n) is 2.43. The predicted molar refractivity (Wildman–Crippen MR) is 92.9 cm³/mol. The van der Waals surface area contributed by atoms with E-state index in [4.69, 9.17) is 0 Å². The fraction of sp³-hybridized carbons (Fsp3) is 0.533. The van der Waals surface area contributed by atoms with Crippen molar-refractivity contribution in [3.8, 4) is 0 Å². The number of benzene rings is 1. The summed E-state index contributed by atoms with van der Waals surface area (Å²) in [4.78, 5) is 16.3. The van der Waals surface area contributed by atoms with Crippen LogP contribution in [-0.4, -0.2) is 50.6 Å². The molecule has 0 radical (unpaired) electrons. The smallest absolute Gasteiger partial charge is 0.222 e. The molecule has 0 aliphatic carbocycles. The van der Waals surface area contributed by atoms with Crippen LogP contribution in [0.4, 0.5) is 5.69 Å². The first-order valence-corrected chi connectivity index (χ1v) is 7.03. The summed E-state index contributed by atoms with van der Waals surface area (Å²) in [5.41, 5.74) is 1.25. The van der Waals surface area contributed by atoms with Crippen LogP contribution in [0.3, 0.4) is 0 Å². The molecule has 1 N–H and O–H groups in total. The number of para-hydroxylation sites is 1. The van der Waals surface area contributed by atoms with Gasteiger partial charge in [-0.1, -0.05) is 18.2 Å². The Hall–Kier alpha value is -0.970. The highest BCUT2D eigenvalue weighted by molar-refractivity contribution is 5.85. The minimum atomic E-state index is 0. The van der Waals surface area contributed by atoms with E-state index >= 15 is 0 Å². The highest BCUT2D eigenvalue weighted by atomic mass is 35.5. The van der Waals surface area contributed by atoms with E-state index < -0.39 is 0 Å². The molecule has 1 aliphatic rings. The molecule has 6 heteroatoms. The average molecular weight is 334 g/mol. The van der Waals surface area contributed by atoms with E-state index in [0.29, 0.717) is 12.3 Å². The maximum atomic E-state index is 12.0. The van der Waals surface area contributed by atoms with Gasteiger partial charge in [-0.25, -0.2) is 0 Å². The third-order valence-electron chi connectivity index (χ3n) is 3.57. The SMILES string of the molecule is CNCCCC(=O)N1CCN(c2ccccc2)CC1.Cl.Cl. The van der Waals surface area contributed by atoms with Gasteiger partial charge in [-0.15, -0.1) is 24.8 Å². The van der Waals surface area contributed by atoms with Gasteiger partial charge in [-0.3, -0.25) is 4.79 Å². The minimum Gasteiger partial charge on any atom is -0.368 e. The molecule has 21 heavy (non-hydrogen) atoms. The van der Waals surface area contributed by atoms with Crippen LogP contribution in [0.25, 0.3) is 0 Å². The lowest BCUT2D eigenvalue weighted by Gasteiger charge is -2.36. The Kier molecular flexibility index (Phi) is 10.2. The zero-order chi connectivity index (χ0) is 13.5. The first-order valence-electron chi connectivity index (χ1n) is 7.03. The molecule has 0 bridgehead atoms. The lowest BCUT2D eigenvalue weighted by atomic mass is 10.2. The molecule has 0 spiro atoms. The Morgan fingerprint density at radius 2 is 1.71 bits per heavy atom. The highest BCUT2D eigenvalue weighted by Crippen LogP contribution is 2.15. The first kappa shape index (κ1) is 20.0. The molecule has 1 fully saturated rings. The largest absolute Gasteiger partial charge is 0.368 e. The van der Waals surface area contributed by atoms with E-state index in [9.17, 15) is 4.79 Å². The Bertz CT molecular complexity index is 395. The van der Waals surface area contributed by atoms with Crippen LogP contribution in [0.15, 0.2) is 30.3 Å². The summed E-state index contributed by atoms with van der Waals surface area (Å²) in [6, 6.07) is 10.4. The monoisotopic (exact) mass is 333 g/mol. The van der Waals surface area contributed by atoms with Crippen molar-refractivity contribution in [1.82, 2.24) is 10.2 Å². The van der Waals surface area contributed by atoms with Crippen molar-refractivity contribution in [2.45, 2.75) is 12.8 Å². The van der Waals surface area contributed by atoms with Crippen molar-refractivity contribution < 1.29 is 4.79 Å². The van der Waals surface area contributed by atoms with Crippen molar-refractivity contribution in [3.05, 3.63) is 30.3 Å². The number of piperazine rings is 1. The molecule has 0 atom stereocenters. The molecule has 2 rings (SSSR count). The molecule has 1 aromatic carbocycles. The lowest BCUT2D eigenvalue weighted by Crippen LogP contribution is -2.48. The van der Waals surface area contributed by atoms with Crippen LogP contribution in [0.1, 0.15) is 12.8 Å². The average Bonchev–Trinajstić information content (AvgIpc) is 2.48. The van der Waals surface area contributed by atoms with Gasteiger partial charge in [0.15, 0.2) is 0 Å². The van der Waals surface area contributed by atoms with Gasteiger partial charge in [0.25, 0.3) is 0 Å². The Labute approximate surface area is 139 Å². The van der Waals surface area contributed by atoms with Crippen molar-refractivity contribution in [2.75, 3.05) is 44.7 Å². The van der Waals surface area contributed by atoms with E-state index in [-0.39, 0.29) is 24.8 Å². The summed E-state index contributed by atoms with van der Waals surface area (Å²) in [5.74, 6) is 0.294. The first-order chi connectivity index (χ1) is 9.31. The molecule has 0 unspecified atom stereocenters. The van der Waals surface area contributed by atoms with Gasteiger partial charge in [-0.05, 0) is 32.1 Å². The summed E-state index contributed by atoms with van der Waals surface area (Å²) in [7, 11) is 1.92. The number of rotatable bonds is 5. The van der Waals surface area contributed by atoms with Crippen molar-refractivity contribution in [2.24, 2.45) is 0 Å². The number of anilines is 1. The molecular weight excluding hydrogens is 309 g/mol. The molecule has 1 amide bonds. The zero-order valence-corrected chi connectivity index (χ0v) is 14.1. The number of nitrogens with zero attached hydrogens (tertiary/aromatic N) is 2. The molecule has 1 aliphatic heterocycles. The normalized spacial score (nSPS) is 14.1. The van der Waals surface area contributed by atoms with Crippen LogP contribution in [0, 0.1) is 0 Å². The summed E-state index contributed by atoms with van der Waals surface area (Å²) in [6.07, 6.45) is 1.58. The zero-order valence-electron chi connectivity index (χ0n) is 12.5. The number of halogens is 2. The van der Waals surface area contributed by atoms with Crippen molar-refractivity contribution >= 4 is 36.4 Å². The lowest BCUT2D eigenvalue weighted by molar-refractivity contribution is -0.131. The molecule has 0 aromatic heterocycles. The van der Waals surface area contributed by atoms with Gasteiger partial charge in [0, 0.05) is 38.3 Å². The van der Waals surface area contributed by atoms with Crippen LogP contribution >= 0.6 is 24.8 Å². The fourth-order valence-corrected chi connectivity index (χ4v) is 2.43. The predicted octanol–water partition coefficient (Wildman–Crippen LogP) is 2.18. The molecule has 0 saturated carbocycles. The molecule has 1 saturated heterocycles. The minimum absolute atomic E-state index is 0. The Morgan fingerprint density at radius 1 is 1.10 bits per heavy atom. The number of amides is 1.